The van der Waals surface area contributed by atoms with E-state index in [1.54, 1.807) is 0 Å². The molecule has 2 N–H and O–H groups in total. The van der Waals surface area contributed by atoms with Gasteiger partial charge in [0.25, 0.3) is 11.8 Å². The summed E-state index contributed by atoms with van der Waals surface area (Å²) >= 11 is 0. The minimum atomic E-state index is -0.251. The van der Waals surface area contributed by atoms with Gasteiger partial charge >= 0.3 is 0 Å². The first-order valence-electron chi connectivity index (χ1n) is 11.7. The number of rotatable bonds is 7. The lowest BCUT2D eigenvalue weighted by Gasteiger charge is -2.26. The molecule has 0 atom stereocenters. The first kappa shape index (κ1) is 21.6. The predicted molar refractivity (Wildman–Crippen MR) is 128 cm³/mol. The van der Waals surface area contributed by atoms with E-state index in [0.717, 1.165) is 35.4 Å². The second kappa shape index (κ2) is 9.33. The number of carbonyl (C=O) groups excluding carboxylic acids is 2. The third kappa shape index (κ3) is 4.49. The molecule has 0 unspecified atom stereocenters. The van der Waals surface area contributed by atoms with E-state index in [9.17, 15) is 9.59 Å². The molecule has 3 aliphatic heterocycles. The Labute approximate surface area is 194 Å². The Morgan fingerprint density at radius 3 is 1.91 bits per heavy atom. The Kier molecular flexibility index (Phi) is 6.11. The number of piperidine rings is 1. The normalized spacial score (nSPS) is 18.6. The van der Waals surface area contributed by atoms with Crippen LogP contribution in [0, 0.1) is 6.92 Å². The Morgan fingerprint density at radius 1 is 0.788 bits per heavy atom. The highest BCUT2D eigenvalue weighted by atomic mass is 16.5. The van der Waals surface area contributed by atoms with Crippen LogP contribution in [0.2, 0.25) is 0 Å². The molecule has 0 bridgehead atoms. The molecule has 1 saturated heterocycles. The van der Waals surface area contributed by atoms with E-state index < -0.39 is 0 Å². The molecule has 0 spiro atoms. The Balaban J connectivity index is 1.29. The molecule has 0 aliphatic carbocycles. The molecule has 0 radical (unpaired) electrons. The molecule has 170 valence electrons. The average Bonchev–Trinajstić information content (AvgIpc) is 3.36. The van der Waals surface area contributed by atoms with Crippen LogP contribution >= 0.6 is 0 Å². The van der Waals surface area contributed by atoms with Crippen molar-refractivity contribution in [3.05, 3.63) is 81.9 Å². The number of benzene rings is 2. The van der Waals surface area contributed by atoms with Crippen LogP contribution in [0.1, 0.15) is 41.5 Å². The van der Waals surface area contributed by atoms with Crippen molar-refractivity contribution in [1.29, 1.82) is 0 Å². The molecule has 2 aromatic carbocycles. The van der Waals surface area contributed by atoms with Crippen molar-refractivity contribution < 1.29 is 14.3 Å². The van der Waals surface area contributed by atoms with Crippen LogP contribution in [0.4, 0.5) is 0 Å². The van der Waals surface area contributed by atoms with Gasteiger partial charge in [0.1, 0.15) is 0 Å². The molecule has 33 heavy (non-hydrogen) atoms. The molecule has 0 saturated carbocycles. The SMILES string of the molecule is Cc1ccc(C2=C3C(=O)NC(c4ccc(COCCN5CCCCC5)cc4)=C3C(=O)N2)cc1. The number of likely N-dealkylation sites (tertiary alicyclic amines) is 1. The second-order valence-electron chi connectivity index (χ2n) is 8.93. The van der Waals surface area contributed by atoms with Gasteiger partial charge in [0.2, 0.25) is 0 Å². The summed E-state index contributed by atoms with van der Waals surface area (Å²) < 4.78 is 5.87. The first-order valence-corrected chi connectivity index (χ1v) is 11.7. The Morgan fingerprint density at radius 2 is 1.33 bits per heavy atom. The van der Waals surface area contributed by atoms with Gasteiger partial charge in [-0.25, -0.2) is 0 Å². The van der Waals surface area contributed by atoms with Crippen molar-refractivity contribution in [2.24, 2.45) is 0 Å². The van der Waals surface area contributed by atoms with Crippen molar-refractivity contribution in [2.75, 3.05) is 26.2 Å². The number of amides is 2. The average molecular weight is 444 g/mol. The zero-order valence-electron chi connectivity index (χ0n) is 18.9. The Hall–Kier alpha value is -3.22. The number of ether oxygens (including phenoxy) is 1. The molecule has 3 heterocycles. The second-order valence-corrected chi connectivity index (χ2v) is 8.93. The van der Waals surface area contributed by atoms with Crippen LogP contribution in [0.15, 0.2) is 59.7 Å². The molecule has 2 amide bonds. The van der Waals surface area contributed by atoms with Crippen LogP contribution in [0.5, 0.6) is 0 Å². The molecule has 3 aliphatic rings. The summed E-state index contributed by atoms with van der Waals surface area (Å²) in [6.07, 6.45) is 3.92. The molecule has 5 rings (SSSR count). The number of aryl methyl sites for hydroxylation is 1. The third-order valence-electron chi connectivity index (χ3n) is 6.53. The van der Waals surface area contributed by atoms with E-state index in [2.05, 4.69) is 15.5 Å². The van der Waals surface area contributed by atoms with Gasteiger partial charge in [-0.15, -0.1) is 0 Å². The van der Waals surface area contributed by atoms with Crippen LogP contribution in [0.3, 0.4) is 0 Å². The fourth-order valence-corrected chi connectivity index (χ4v) is 4.67. The van der Waals surface area contributed by atoms with E-state index in [0.29, 0.717) is 29.1 Å². The predicted octanol–water partition coefficient (Wildman–Crippen LogP) is 3.38. The highest BCUT2D eigenvalue weighted by Gasteiger charge is 2.40. The number of fused-ring (bicyclic) bond motifs is 1. The van der Waals surface area contributed by atoms with E-state index >= 15 is 0 Å². The number of hydrogen-bond donors (Lipinski definition) is 2. The lowest BCUT2D eigenvalue weighted by molar-refractivity contribution is -0.117. The highest BCUT2D eigenvalue weighted by molar-refractivity contribution is 6.30. The topological polar surface area (TPSA) is 70.7 Å². The maximum atomic E-state index is 12.8. The first-order chi connectivity index (χ1) is 16.1. The summed E-state index contributed by atoms with van der Waals surface area (Å²) in [5, 5.41) is 5.80. The minimum absolute atomic E-state index is 0.251. The molecule has 1 fully saturated rings. The maximum absolute atomic E-state index is 12.8. The van der Waals surface area contributed by atoms with E-state index in [1.807, 2.05) is 55.5 Å². The van der Waals surface area contributed by atoms with Crippen molar-refractivity contribution in [3.8, 4) is 0 Å². The fraction of sp³-hybridized carbons (Fsp3) is 0.333. The molecule has 2 aromatic rings. The van der Waals surface area contributed by atoms with Crippen LogP contribution in [0.25, 0.3) is 11.4 Å². The number of nitrogens with zero attached hydrogens (tertiary/aromatic N) is 1. The number of nitrogens with one attached hydrogen (secondary N) is 2. The monoisotopic (exact) mass is 443 g/mol. The smallest absolute Gasteiger partial charge is 0.258 e. The Bertz CT molecular complexity index is 1120. The van der Waals surface area contributed by atoms with E-state index in [1.165, 1.54) is 32.4 Å². The van der Waals surface area contributed by atoms with Gasteiger partial charge in [0, 0.05) is 6.54 Å². The van der Waals surface area contributed by atoms with E-state index in [-0.39, 0.29) is 11.8 Å². The van der Waals surface area contributed by atoms with Crippen LogP contribution in [-0.4, -0.2) is 43.0 Å². The molecular weight excluding hydrogens is 414 g/mol. The highest BCUT2D eigenvalue weighted by Crippen LogP contribution is 2.37. The van der Waals surface area contributed by atoms with Gasteiger partial charge in [-0.2, -0.15) is 0 Å². The summed E-state index contributed by atoms with van der Waals surface area (Å²) in [5.41, 5.74) is 5.80. The number of carbonyl (C=O) groups is 2. The zero-order valence-corrected chi connectivity index (χ0v) is 18.9. The molecular formula is C27H29N3O3. The summed E-state index contributed by atoms with van der Waals surface area (Å²) in [4.78, 5) is 28.0. The fourth-order valence-electron chi connectivity index (χ4n) is 4.67. The lowest BCUT2D eigenvalue weighted by atomic mass is 10.0. The molecule has 6 nitrogen and oxygen atoms in total. The summed E-state index contributed by atoms with van der Waals surface area (Å²) in [6.45, 7) is 6.62. The van der Waals surface area contributed by atoms with Crippen molar-refractivity contribution in [3.63, 3.8) is 0 Å². The quantitative estimate of drug-likeness (QED) is 0.644. The van der Waals surface area contributed by atoms with Crippen LogP contribution < -0.4 is 10.6 Å². The summed E-state index contributed by atoms with van der Waals surface area (Å²) in [7, 11) is 0. The zero-order chi connectivity index (χ0) is 22.8. The van der Waals surface area contributed by atoms with Crippen molar-refractivity contribution >= 4 is 23.2 Å². The van der Waals surface area contributed by atoms with Crippen molar-refractivity contribution in [2.45, 2.75) is 32.8 Å². The minimum Gasteiger partial charge on any atom is -0.375 e. The van der Waals surface area contributed by atoms with Crippen molar-refractivity contribution in [1.82, 2.24) is 15.5 Å². The van der Waals surface area contributed by atoms with E-state index in [4.69, 9.17) is 4.74 Å². The van der Waals surface area contributed by atoms with Gasteiger partial charge in [0.15, 0.2) is 0 Å². The van der Waals surface area contributed by atoms with Gasteiger partial charge in [-0.1, -0.05) is 60.5 Å². The lowest BCUT2D eigenvalue weighted by Crippen LogP contribution is -2.32. The molecule has 0 aromatic heterocycles. The number of hydrogen-bond acceptors (Lipinski definition) is 4. The molecule has 6 heteroatoms. The van der Waals surface area contributed by atoms with Crippen LogP contribution in [-0.2, 0) is 20.9 Å². The van der Waals surface area contributed by atoms with Gasteiger partial charge in [-0.05, 0) is 49.5 Å². The largest absolute Gasteiger partial charge is 0.375 e. The van der Waals surface area contributed by atoms with Gasteiger partial charge < -0.3 is 20.3 Å². The summed E-state index contributed by atoms with van der Waals surface area (Å²) in [5.74, 6) is -0.502. The standard InChI is InChI=1S/C27H29N3O3/c1-18-5-9-20(10-6-18)24-22-23(27(32)28-24)25(29-26(22)31)21-11-7-19(8-12-21)17-33-16-15-30-13-3-2-4-14-30/h5-12H,2-4,13-17H2,1H3,(H,28,32)(H,29,31). The van der Waals surface area contributed by atoms with Gasteiger partial charge in [0.05, 0.1) is 35.8 Å². The van der Waals surface area contributed by atoms with Gasteiger partial charge in [-0.3, -0.25) is 9.59 Å². The maximum Gasteiger partial charge on any atom is 0.258 e. The third-order valence-corrected chi connectivity index (χ3v) is 6.53. The summed E-state index contributed by atoms with van der Waals surface area (Å²) in [6, 6.07) is 15.6.